The molecule has 0 aromatic carbocycles. The summed E-state index contributed by atoms with van der Waals surface area (Å²) < 4.78 is 0.974. The smallest absolute Gasteiger partial charge is 0.331 e. The number of hydrogen-bond acceptors (Lipinski definition) is 4. The van der Waals surface area contributed by atoms with Crippen molar-refractivity contribution in [1.82, 2.24) is 4.98 Å². The SMILES string of the molecule is CCC(=CCSc1nccs1)C(=O)O. The van der Waals surface area contributed by atoms with Crippen LogP contribution in [-0.2, 0) is 4.79 Å². The molecule has 1 aromatic heterocycles. The minimum Gasteiger partial charge on any atom is -0.478 e. The van der Waals surface area contributed by atoms with E-state index in [1.807, 2.05) is 12.3 Å². The summed E-state index contributed by atoms with van der Waals surface area (Å²) in [5.74, 6) is -0.157. The summed E-state index contributed by atoms with van der Waals surface area (Å²) in [6, 6.07) is 0. The number of aliphatic carboxylic acids is 1. The lowest BCUT2D eigenvalue weighted by Gasteiger charge is -1.96. The van der Waals surface area contributed by atoms with Crippen molar-refractivity contribution in [2.45, 2.75) is 17.7 Å². The van der Waals surface area contributed by atoms with Crippen LogP contribution >= 0.6 is 23.1 Å². The van der Waals surface area contributed by atoms with Crippen LogP contribution in [0.2, 0.25) is 0 Å². The standard InChI is InChI=1S/C9H11NO2S2/c1-2-7(8(11)12)3-5-13-9-10-4-6-14-9/h3-4,6H,2,5H2,1H3,(H,11,12). The number of carbonyl (C=O) groups is 1. The Balaban J connectivity index is 2.42. The molecule has 1 heterocycles. The first-order valence-electron chi connectivity index (χ1n) is 4.18. The maximum Gasteiger partial charge on any atom is 0.331 e. The van der Waals surface area contributed by atoms with Crippen molar-refractivity contribution < 1.29 is 9.90 Å². The molecule has 0 aliphatic carbocycles. The van der Waals surface area contributed by atoms with Crippen LogP contribution in [0.4, 0.5) is 0 Å². The number of thiazole rings is 1. The molecule has 0 aliphatic rings. The Hall–Kier alpha value is -0.810. The Morgan fingerprint density at radius 1 is 1.79 bits per heavy atom. The first kappa shape index (κ1) is 11.3. The summed E-state index contributed by atoms with van der Waals surface area (Å²) in [6.45, 7) is 1.84. The van der Waals surface area contributed by atoms with E-state index in [4.69, 9.17) is 5.11 Å². The Morgan fingerprint density at radius 2 is 2.57 bits per heavy atom. The van der Waals surface area contributed by atoms with Crippen LogP contribution in [0.25, 0.3) is 0 Å². The molecule has 0 radical (unpaired) electrons. The summed E-state index contributed by atoms with van der Waals surface area (Å²) in [4.78, 5) is 14.7. The molecule has 0 atom stereocenters. The second-order valence-electron chi connectivity index (χ2n) is 2.50. The van der Waals surface area contributed by atoms with Crippen LogP contribution in [0, 0.1) is 0 Å². The third kappa shape index (κ3) is 3.51. The maximum absolute atomic E-state index is 10.6. The predicted molar refractivity (Wildman–Crippen MR) is 58.8 cm³/mol. The fraction of sp³-hybridized carbons (Fsp3) is 0.333. The Bertz CT molecular complexity index is 320. The third-order valence-electron chi connectivity index (χ3n) is 1.60. The molecule has 0 saturated heterocycles. The van der Waals surface area contributed by atoms with Gasteiger partial charge in [-0.3, -0.25) is 0 Å². The minimum absolute atomic E-state index is 0.467. The zero-order valence-electron chi connectivity index (χ0n) is 7.77. The molecule has 0 aliphatic heterocycles. The normalized spacial score (nSPS) is 11.6. The van der Waals surface area contributed by atoms with E-state index in [9.17, 15) is 4.79 Å². The van der Waals surface area contributed by atoms with Crippen LogP contribution in [0.1, 0.15) is 13.3 Å². The summed E-state index contributed by atoms with van der Waals surface area (Å²) in [5, 5.41) is 10.6. The van der Waals surface area contributed by atoms with E-state index in [0.29, 0.717) is 17.7 Å². The van der Waals surface area contributed by atoms with Crippen molar-refractivity contribution in [1.29, 1.82) is 0 Å². The molecule has 76 valence electrons. The first-order chi connectivity index (χ1) is 6.74. The van der Waals surface area contributed by atoms with E-state index in [1.165, 1.54) is 0 Å². The third-order valence-corrected chi connectivity index (χ3v) is 3.49. The molecule has 0 unspecified atom stereocenters. The molecule has 0 amide bonds. The van der Waals surface area contributed by atoms with Crippen molar-refractivity contribution in [3.8, 4) is 0 Å². The highest BCUT2D eigenvalue weighted by Crippen LogP contribution is 2.20. The van der Waals surface area contributed by atoms with E-state index in [0.717, 1.165) is 4.34 Å². The van der Waals surface area contributed by atoms with Crippen LogP contribution in [0.5, 0.6) is 0 Å². The Morgan fingerprint density at radius 3 is 3.07 bits per heavy atom. The molecule has 1 N–H and O–H groups in total. The summed E-state index contributed by atoms with van der Waals surface area (Å²) in [5.41, 5.74) is 0.467. The van der Waals surface area contributed by atoms with Crippen molar-refractivity contribution in [2.24, 2.45) is 0 Å². The van der Waals surface area contributed by atoms with Gasteiger partial charge in [-0.2, -0.15) is 0 Å². The van der Waals surface area contributed by atoms with Crippen molar-refractivity contribution >= 4 is 29.1 Å². The molecule has 1 rings (SSSR count). The molecule has 1 aromatic rings. The minimum atomic E-state index is -0.827. The number of carboxylic acids is 1. The first-order valence-corrected chi connectivity index (χ1v) is 6.05. The number of aromatic nitrogens is 1. The van der Waals surface area contributed by atoms with Gasteiger partial charge in [0.2, 0.25) is 0 Å². The molecule has 5 heteroatoms. The molecule has 14 heavy (non-hydrogen) atoms. The van der Waals surface area contributed by atoms with Crippen LogP contribution in [0.3, 0.4) is 0 Å². The van der Waals surface area contributed by atoms with E-state index in [-0.39, 0.29) is 0 Å². The van der Waals surface area contributed by atoms with E-state index in [1.54, 1.807) is 35.4 Å². The van der Waals surface area contributed by atoms with Gasteiger partial charge < -0.3 is 5.11 Å². The largest absolute Gasteiger partial charge is 0.478 e. The average molecular weight is 229 g/mol. The zero-order chi connectivity index (χ0) is 10.4. The highest BCUT2D eigenvalue weighted by atomic mass is 32.2. The van der Waals surface area contributed by atoms with Gasteiger partial charge in [-0.1, -0.05) is 24.8 Å². The highest BCUT2D eigenvalue weighted by molar-refractivity contribution is 8.01. The van der Waals surface area contributed by atoms with Gasteiger partial charge >= 0.3 is 5.97 Å². The molecule has 3 nitrogen and oxygen atoms in total. The van der Waals surface area contributed by atoms with E-state index >= 15 is 0 Å². The van der Waals surface area contributed by atoms with E-state index < -0.39 is 5.97 Å². The number of nitrogens with zero attached hydrogens (tertiary/aromatic N) is 1. The quantitative estimate of drug-likeness (QED) is 0.623. The van der Waals surface area contributed by atoms with Gasteiger partial charge in [0.1, 0.15) is 4.34 Å². The fourth-order valence-corrected chi connectivity index (χ4v) is 2.44. The number of carboxylic acid groups (broad SMARTS) is 1. The molecule has 0 bridgehead atoms. The van der Waals surface area contributed by atoms with Gasteiger partial charge in [-0.05, 0) is 6.42 Å². The second kappa shape index (κ2) is 5.82. The lowest BCUT2D eigenvalue weighted by molar-refractivity contribution is -0.132. The Labute approximate surface area is 90.9 Å². The van der Waals surface area contributed by atoms with Crippen LogP contribution < -0.4 is 0 Å². The van der Waals surface area contributed by atoms with Crippen molar-refractivity contribution in [3.05, 3.63) is 23.2 Å². The van der Waals surface area contributed by atoms with E-state index in [2.05, 4.69) is 4.98 Å². The lowest BCUT2D eigenvalue weighted by atomic mass is 10.2. The summed E-state index contributed by atoms with van der Waals surface area (Å²) >= 11 is 3.12. The predicted octanol–water partition coefficient (Wildman–Crippen LogP) is 2.66. The molecular weight excluding hydrogens is 218 g/mol. The number of thioether (sulfide) groups is 1. The Kier molecular flexibility index (Phi) is 4.69. The monoisotopic (exact) mass is 229 g/mol. The topological polar surface area (TPSA) is 50.2 Å². The lowest BCUT2D eigenvalue weighted by Crippen LogP contribution is -1.99. The number of rotatable bonds is 5. The summed E-state index contributed by atoms with van der Waals surface area (Å²) in [6.07, 6.45) is 4.05. The maximum atomic E-state index is 10.6. The average Bonchev–Trinajstić information content (AvgIpc) is 2.64. The fourth-order valence-electron chi connectivity index (χ4n) is 0.878. The summed E-state index contributed by atoms with van der Waals surface area (Å²) in [7, 11) is 0. The molecule has 0 spiro atoms. The van der Waals surface area contributed by atoms with Gasteiger partial charge in [-0.15, -0.1) is 11.3 Å². The van der Waals surface area contributed by atoms with Gasteiger partial charge in [0.25, 0.3) is 0 Å². The van der Waals surface area contributed by atoms with Crippen LogP contribution in [-0.4, -0.2) is 21.8 Å². The molecule has 0 saturated carbocycles. The second-order valence-corrected chi connectivity index (χ2v) is 4.66. The van der Waals surface area contributed by atoms with Gasteiger partial charge in [0.05, 0.1) is 0 Å². The van der Waals surface area contributed by atoms with Crippen molar-refractivity contribution in [2.75, 3.05) is 5.75 Å². The zero-order valence-corrected chi connectivity index (χ0v) is 9.40. The highest BCUT2D eigenvalue weighted by Gasteiger charge is 2.03. The molecular formula is C9H11NO2S2. The van der Waals surface area contributed by atoms with Crippen LogP contribution in [0.15, 0.2) is 27.6 Å². The van der Waals surface area contributed by atoms with Gasteiger partial charge in [-0.25, -0.2) is 9.78 Å². The van der Waals surface area contributed by atoms with Gasteiger partial charge in [0, 0.05) is 22.9 Å². The molecule has 0 fully saturated rings. The van der Waals surface area contributed by atoms with Gasteiger partial charge in [0.15, 0.2) is 0 Å². The number of hydrogen-bond donors (Lipinski definition) is 1. The van der Waals surface area contributed by atoms with Crippen molar-refractivity contribution in [3.63, 3.8) is 0 Å².